The molecule has 0 spiro atoms. The molecule has 0 saturated carbocycles. The average molecular weight is 435 g/mol. The molecule has 0 unspecified atom stereocenters. The van der Waals surface area contributed by atoms with Crippen LogP contribution in [-0.2, 0) is 10.0 Å². The van der Waals surface area contributed by atoms with Crippen molar-refractivity contribution >= 4 is 39.1 Å². The van der Waals surface area contributed by atoms with E-state index >= 15 is 0 Å². The Bertz CT molecular complexity index is 953. The minimum Gasteiger partial charge on any atom is -0.336 e. The van der Waals surface area contributed by atoms with E-state index in [9.17, 15) is 22.0 Å². The molecule has 0 N–H and O–H groups in total. The third kappa shape index (κ3) is 4.08. The van der Waals surface area contributed by atoms with E-state index in [1.54, 1.807) is 0 Å². The summed E-state index contributed by atoms with van der Waals surface area (Å²) in [5, 5.41) is 0.615. The fourth-order valence-electron chi connectivity index (χ4n) is 2.85. The van der Waals surface area contributed by atoms with E-state index in [4.69, 9.17) is 23.2 Å². The van der Waals surface area contributed by atoms with Crippen LogP contribution in [0.5, 0.6) is 0 Å². The Morgan fingerprint density at radius 1 is 0.926 bits per heavy atom. The molecule has 0 bridgehead atoms. The van der Waals surface area contributed by atoms with Crippen molar-refractivity contribution in [2.45, 2.75) is 4.90 Å². The van der Waals surface area contributed by atoms with Crippen LogP contribution in [0.3, 0.4) is 0 Å². The normalized spacial score (nSPS) is 15.8. The third-order valence-electron chi connectivity index (χ3n) is 4.15. The molecule has 2 aromatic carbocycles. The molecule has 1 heterocycles. The van der Waals surface area contributed by atoms with Crippen molar-refractivity contribution in [3.63, 3.8) is 0 Å². The van der Waals surface area contributed by atoms with Gasteiger partial charge in [-0.2, -0.15) is 4.31 Å². The van der Waals surface area contributed by atoms with E-state index in [2.05, 4.69) is 0 Å². The summed E-state index contributed by atoms with van der Waals surface area (Å²) < 4.78 is 53.8. The summed E-state index contributed by atoms with van der Waals surface area (Å²) in [7, 11) is -4.35. The van der Waals surface area contributed by atoms with Crippen LogP contribution in [0, 0.1) is 11.6 Å². The summed E-state index contributed by atoms with van der Waals surface area (Å²) in [5.41, 5.74) is 0.281. The average Bonchev–Trinajstić information content (AvgIpc) is 2.60. The first-order chi connectivity index (χ1) is 12.7. The molecule has 27 heavy (non-hydrogen) atoms. The zero-order valence-electron chi connectivity index (χ0n) is 13.8. The van der Waals surface area contributed by atoms with Crippen LogP contribution in [0.25, 0.3) is 0 Å². The lowest BCUT2D eigenvalue weighted by atomic mass is 10.2. The number of nitrogens with zero attached hydrogens (tertiary/aromatic N) is 2. The monoisotopic (exact) mass is 434 g/mol. The van der Waals surface area contributed by atoms with Crippen molar-refractivity contribution in [1.29, 1.82) is 0 Å². The molecule has 0 radical (unpaired) electrons. The first-order valence-corrected chi connectivity index (χ1v) is 10.1. The van der Waals surface area contributed by atoms with Gasteiger partial charge in [0.15, 0.2) is 4.90 Å². The number of carbonyl (C=O) groups is 1. The molecule has 10 heteroatoms. The van der Waals surface area contributed by atoms with Crippen LogP contribution in [-0.4, -0.2) is 49.7 Å². The largest absolute Gasteiger partial charge is 0.336 e. The molecular formula is C17H14Cl2F2N2O3S. The fraction of sp³-hybridized carbons (Fsp3) is 0.235. The molecule has 1 fully saturated rings. The first-order valence-electron chi connectivity index (χ1n) is 7.89. The van der Waals surface area contributed by atoms with Crippen LogP contribution in [0.1, 0.15) is 10.4 Å². The number of piperazine rings is 1. The lowest BCUT2D eigenvalue weighted by Crippen LogP contribution is -2.50. The summed E-state index contributed by atoms with van der Waals surface area (Å²) in [5.74, 6) is -2.65. The quantitative estimate of drug-likeness (QED) is 0.743. The summed E-state index contributed by atoms with van der Waals surface area (Å²) >= 11 is 11.8. The lowest BCUT2D eigenvalue weighted by molar-refractivity contribution is 0.0697. The molecule has 1 aliphatic heterocycles. The van der Waals surface area contributed by atoms with Gasteiger partial charge in [-0.25, -0.2) is 17.2 Å². The number of benzene rings is 2. The highest BCUT2D eigenvalue weighted by Crippen LogP contribution is 2.25. The molecule has 5 nitrogen and oxygen atoms in total. The zero-order valence-corrected chi connectivity index (χ0v) is 16.2. The molecule has 0 aromatic heterocycles. The van der Waals surface area contributed by atoms with Crippen molar-refractivity contribution in [2.75, 3.05) is 26.2 Å². The van der Waals surface area contributed by atoms with Crippen LogP contribution in [0.15, 0.2) is 41.3 Å². The molecule has 2 aromatic rings. The fourth-order valence-corrected chi connectivity index (χ4v) is 4.91. The van der Waals surface area contributed by atoms with Gasteiger partial charge in [0.05, 0.1) is 0 Å². The molecule has 0 atom stereocenters. The van der Waals surface area contributed by atoms with Gasteiger partial charge in [-0.3, -0.25) is 4.79 Å². The van der Waals surface area contributed by atoms with Gasteiger partial charge in [0.2, 0.25) is 10.0 Å². The Hall–Kier alpha value is -1.74. The summed E-state index contributed by atoms with van der Waals surface area (Å²) in [6, 6.07) is 7.29. The van der Waals surface area contributed by atoms with Gasteiger partial charge in [-0.1, -0.05) is 29.3 Å². The molecule has 0 aliphatic carbocycles. The summed E-state index contributed by atoms with van der Waals surface area (Å²) in [6.07, 6.45) is 0. The highest BCUT2D eigenvalue weighted by atomic mass is 35.5. The van der Waals surface area contributed by atoms with E-state index in [1.165, 1.54) is 23.1 Å². The minimum atomic E-state index is -4.35. The second-order valence-electron chi connectivity index (χ2n) is 5.91. The number of hydrogen-bond acceptors (Lipinski definition) is 3. The Morgan fingerprint density at radius 2 is 1.44 bits per heavy atom. The summed E-state index contributed by atoms with van der Waals surface area (Å²) in [6.45, 7) is -0.0389. The van der Waals surface area contributed by atoms with E-state index < -0.39 is 26.6 Å². The van der Waals surface area contributed by atoms with E-state index in [-0.39, 0.29) is 37.6 Å². The van der Waals surface area contributed by atoms with Crippen LogP contribution < -0.4 is 0 Å². The summed E-state index contributed by atoms with van der Waals surface area (Å²) in [4.78, 5) is 13.0. The number of rotatable bonds is 3. The maximum atomic E-state index is 13.9. The van der Waals surface area contributed by atoms with Crippen molar-refractivity contribution in [3.05, 3.63) is 63.6 Å². The Labute approximate surface area is 165 Å². The number of carbonyl (C=O) groups excluding carboxylic acids is 1. The molecular weight excluding hydrogens is 421 g/mol. The third-order valence-corrected chi connectivity index (χ3v) is 6.54. The second-order valence-corrected chi connectivity index (χ2v) is 8.65. The van der Waals surface area contributed by atoms with Crippen molar-refractivity contribution < 1.29 is 22.0 Å². The maximum absolute atomic E-state index is 13.9. The standard InChI is InChI=1S/C17H14Cl2F2N2O3S/c18-12-8-11(9-13(19)10-12)17(24)22-4-6-23(7-5-22)27(25,26)16-14(20)2-1-3-15(16)21/h1-3,8-10H,4-7H2. The number of halogens is 4. The van der Waals surface area contributed by atoms with Gasteiger partial charge in [0.25, 0.3) is 5.91 Å². The molecule has 3 rings (SSSR count). The predicted molar refractivity (Wildman–Crippen MR) is 97.5 cm³/mol. The van der Waals surface area contributed by atoms with Gasteiger partial charge in [0.1, 0.15) is 11.6 Å². The molecule has 144 valence electrons. The minimum absolute atomic E-state index is 0.0677. The Morgan fingerprint density at radius 3 is 1.96 bits per heavy atom. The van der Waals surface area contributed by atoms with Crippen LogP contribution >= 0.6 is 23.2 Å². The van der Waals surface area contributed by atoms with Crippen molar-refractivity contribution in [1.82, 2.24) is 9.21 Å². The van der Waals surface area contributed by atoms with Crippen LogP contribution in [0.2, 0.25) is 10.0 Å². The zero-order chi connectivity index (χ0) is 19.8. The Kier molecular flexibility index (Phi) is 5.71. The highest BCUT2D eigenvalue weighted by Gasteiger charge is 2.34. The van der Waals surface area contributed by atoms with Crippen molar-refractivity contribution in [2.24, 2.45) is 0 Å². The maximum Gasteiger partial charge on any atom is 0.254 e. The number of sulfonamides is 1. The van der Waals surface area contributed by atoms with Gasteiger partial charge in [-0.15, -0.1) is 0 Å². The van der Waals surface area contributed by atoms with Gasteiger partial charge in [-0.05, 0) is 30.3 Å². The smallest absolute Gasteiger partial charge is 0.254 e. The van der Waals surface area contributed by atoms with E-state index in [0.717, 1.165) is 22.5 Å². The van der Waals surface area contributed by atoms with Gasteiger partial charge < -0.3 is 4.90 Å². The number of amides is 1. The van der Waals surface area contributed by atoms with Gasteiger partial charge in [0, 0.05) is 41.8 Å². The molecule has 1 saturated heterocycles. The van der Waals surface area contributed by atoms with Crippen molar-refractivity contribution in [3.8, 4) is 0 Å². The molecule has 1 aliphatic rings. The van der Waals surface area contributed by atoms with Gasteiger partial charge >= 0.3 is 0 Å². The Balaban J connectivity index is 1.76. The lowest BCUT2D eigenvalue weighted by Gasteiger charge is -2.34. The SMILES string of the molecule is O=C(c1cc(Cl)cc(Cl)c1)N1CCN(S(=O)(=O)c2c(F)cccc2F)CC1. The van der Waals surface area contributed by atoms with E-state index in [1.807, 2.05) is 0 Å². The topological polar surface area (TPSA) is 57.7 Å². The first kappa shape index (κ1) is 20.0. The number of hydrogen-bond donors (Lipinski definition) is 0. The van der Waals surface area contributed by atoms with E-state index in [0.29, 0.717) is 10.0 Å². The highest BCUT2D eigenvalue weighted by molar-refractivity contribution is 7.89. The predicted octanol–water partition coefficient (Wildman–Crippen LogP) is 3.42. The second kappa shape index (κ2) is 7.71. The molecule has 1 amide bonds. The van der Waals surface area contributed by atoms with Crippen LogP contribution in [0.4, 0.5) is 8.78 Å².